The number of hydrogen-bond acceptors (Lipinski definition) is 4. The van der Waals surface area contributed by atoms with Gasteiger partial charge in [0.15, 0.2) is 0 Å². The van der Waals surface area contributed by atoms with Crippen LogP contribution in [0.15, 0.2) is 24.3 Å². The number of benzene rings is 1. The Morgan fingerprint density at radius 2 is 2.08 bits per heavy atom. The molecule has 2 rings (SSSR count). The summed E-state index contributed by atoms with van der Waals surface area (Å²) < 4.78 is 7.11. The molecule has 0 aliphatic carbocycles. The number of ether oxygens (including phenoxy) is 1. The van der Waals surface area contributed by atoms with E-state index < -0.39 is 0 Å². The first kappa shape index (κ1) is 18.9. The highest BCUT2D eigenvalue weighted by atomic mass is 16.5. The number of amides is 2. The van der Waals surface area contributed by atoms with Gasteiger partial charge in [0.25, 0.3) is 0 Å². The fraction of sp³-hybridized carbons (Fsp3) is 0.500. The van der Waals surface area contributed by atoms with Crippen molar-refractivity contribution in [2.24, 2.45) is 0 Å². The van der Waals surface area contributed by atoms with Gasteiger partial charge in [-0.3, -0.25) is 9.59 Å². The Hall–Kier alpha value is -2.41. The third kappa shape index (κ3) is 5.29. The molecule has 0 fully saturated rings. The van der Waals surface area contributed by atoms with Crippen LogP contribution < -0.4 is 10.6 Å². The van der Waals surface area contributed by atoms with Gasteiger partial charge in [-0.15, -0.1) is 0 Å². The topological polar surface area (TPSA) is 85.2 Å². The SMILES string of the molecule is CCOCCCNC(=O)Cn1c(C(C)NC(C)=O)nc2ccccc21. The van der Waals surface area contributed by atoms with E-state index in [2.05, 4.69) is 15.6 Å². The van der Waals surface area contributed by atoms with Crippen LogP contribution in [-0.4, -0.2) is 41.1 Å². The first-order chi connectivity index (χ1) is 12.0. The van der Waals surface area contributed by atoms with E-state index in [9.17, 15) is 9.59 Å². The molecule has 1 aromatic heterocycles. The molecule has 1 atom stereocenters. The Balaban J connectivity index is 2.12. The highest BCUT2D eigenvalue weighted by Crippen LogP contribution is 2.20. The first-order valence-electron chi connectivity index (χ1n) is 8.59. The number of nitrogens with one attached hydrogen (secondary N) is 2. The van der Waals surface area contributed by atoms with Gasteiger partial charge in [-0.2, -0.15) is 0 Å². The molecule has 2 aromatic rings. The quantitative estimate of drug-likeness (QED) is 0.678. The van der Waals surface area contributed by atoms with Crippen LogP contribution in [0.2, 0.25) is 0 Å². The molecule has 0 spiro atoms. The van der Waals surface area contributed by atoms with E-state index in [-0.39, 0.29) is 24.4 Å². The average molecular weight is 346 g/mol. The van der Waals surface area contributed by atoms with Gasteiger partial charge in [-0.25, -0.2) is 4.98 Å². The van der Waals surface area contributed by atoms with Crippen LogP contribution in [0, 0.1) is 0 Å². The average Bonchev–Trinajstić information content (AvgIpc) is 2.93. The predicted octanol–water partition coefficient (Wildman–Crippen LogP) is 1.78. The number of aromatic nitrogens is 2. The van der Waals surface area contributed by atoms with Crippen LogP contribution in [-0.2, 0) is 20.9 Å². The number of carbonyl (C=O) groups is 2. The van der Waals surface area contributed by atoms with Crippen molar-refractivity contribution >= 4 is 22.8 Å². The molecule has 7 nitrogen and oxygen atoms in total. The molecular formula is C18H26N4O3. The van der Waals surface area contributed by atoms with Crippen molar-refractivity contribution in [2.45, 2.75) is 39.8 Å². The van der Waals surface area contributed by atoms with E-state index >= 15 is 0 Å². The Bertz CT molecular complexity index is 726. The van der Waals surface area contributed by atoms with Gasteiger partial charge in [-0.05, 0) is 32.4 Å². The molecule has 1 heterocycles. The van der Waals surface area contributed by atoms with Crippen molar-refractivity contribution in [3.63, 3.8) is 0 Å². The van der Waals surface area contributed by atoms with Crippen molar-refractivity contribution in [3.05, 3.63) is 30.1 Å². The first-order valence-corrected chi connectivity index (χ1v) is 8.59. The van der Waals surface area contributed by atoms with E-state index in [1.807, 2.05) is 42.7 Å². The number of hydrogen-bond donors (Lipinski definition) is 2. The molecule has 1 aromatic carbocycles. The second kappa shape index (κ2) is 9.17. The summed E-state index contributed by atoms with van der Waals surface area (Å²) in [7, 11) is 0. The maximum atomic E-state index is 12.3. The van der Waals surface area contributed by atoms with Crippen LogP contribution in [0.3, 0.4) is 0 Å². The fourth-order valence-electron chi connectivity index (χ4n) is 2.71. The summed E-state index contributed by atoms with van der Waals surface area (Å²) in [6.45, 7) is 7.32. The smallest absolute Gasteiger partial charge is 0.240 e. The van der Waals surface area contributed by atoms with Crippen molar-refractivity contribution in [3.8, 4) is 0 Å². The Kier molecular flexibility index (Phi) is 6.94. The molecule has 0 aliphatic rings. The van der Waals surface area contributed by atoms with Gasteiger partial charge in [-0.1, -0.05) is 12.1 Å². The van der Waals surface area contributed by atoms with Crippen LogP contribution in [0.25, 0.3) is 11.0 Å². The van der Waals surface area contributed by atoms with Gasteiger partial charge in [0.2, 0.25) is 11.8 Å². The molecule has 7 heteroatoms. The minimum atomic E-state index is -0.282. The summed E-state index contributed by atoms with van der Waals surface area (Å²) in [5.74, 6) is 0.447. The van der Waals surface area contributed by atoms with E-state index in [1.165, 1.54) is 6.92 Å². The van der Waals surface area contributed by atoms with Crippen LogP contribution in [0.5, 0.6) is 0 Å². The molecule has 0 radical (unpaired) electrons. The highest BCUT2D eigenvalue weighted by molar-refractivity contribution is 5.81. The predicted molar refractivity (Wildman–Crippen MR) is 96.1 cm³/mol. The monoisotopic (exact) mass is 346 g/mol. The molecule has 0 aliphatic heterocycles. The van der Waals surface area contributed by atoms with Crippen molar-refractivity contribution in [1.29, 1.82) is 0 Å². The molecule has 0 saturated heterocycles. The summed E-state index contributed by atoms with van der Waals surface area (Å²) >= 11 is 0. The Labute approximate surface area is 147 Å². The standard InChI is InChI=1S/C18H26N4O3/c1-4-25-11-7-10-19-17(24)12-22-16-9-6-5-8-15(16)21-18(22)13(2)20-14(3)23/h5-6,8-9,13H,4,7,10-12H2,1-3H3,(H,19,24)(H,20,23). The van der Waals surface area contributed by atoms with Gasteiger partial charge in [0.05, 0.1) is 17.1 Å². The van der Waals surface area contributed by atoms with Crippen LogP contribution >= 0.6 is 0 Å². The minimum Gasteiger partial charge on any atom is -0.382 e. The van der Waals surface area contributed by atoms with E-state index in [0.29, 0.717) is 25.6 Å². The van der Waals surface area contributed by atoms with Gasteiger partial charge in [0.1, 0.15) is 12.4 Å². The number of fused-ring (bicyclic) bond motifs is 1. The summed E-state index contributed by atoms with van der Waals surface area (Å²) in [5, 5.41) is 5.73. The zero-order chi connectivity index (χ0) is 18.2. The molecule has 0 saturated carbocycles. The minimum absolute atomic E-state index is 0.0871. The molecule has 1 unspecified atom stereocenters. The highest BCUT2D eigenvalue weighted by Gasteiger charge is 2.18. The maximum absolute atomic E-state index is 12.3. The lowest BCUT2D eigenvalue weighted by atomic mass is 10.3. The summed E-state index contributed by atoms with van der Waals surface area (Å²) in [6, 6.07) is 7.36. The fourth-order valence-corrected chi connectivity index (χ4v) is 2.71. The third-order valence-corrected chi connectivity index (χ3v) is 3.78. The molecule has 0 bridgehead atoms. The van der Waals surface area contributed by atoms with Crippen molar-refractivity contribution in [1.82, 2.24) is 20.2 Å². The zero-order valence-corrected chi connectivity index (χ0v) is 15.0. The van der Waals surface area contributed by atoms with Crippen LogP contribution in [0.4, 0.5) is 0 Å². The number of imidazole rings is 1. The molecule has 2 amide bonds. The normalized spacial score (nSPS) is 12.1. The Morgan fingerprint density at radius 1 is 1.32 bits per heavy atom. The van der Waals surface area contributed by atoms with E-state index in [4.69, 9.17) is 4.74 Å². The lowest BCUT2D eigenvalue weighted by molar-refractivity contribution is -0.121. The molecule has 25 heavy (non-hydrogen) atoms. The van der Waals surface area contributed by atoms with Gasteiger partial charge >= 0.3 is 0 Å². The second-order valence-corrected chi connectivity index (χ2v) is 5.87. The summed E-state index contributed by atoms with van der Waals surface area (Å²) in [6.07, 6.45) is 0.777. The third-order valence-electron chi connectivity index (χ3n) is 3.78. The number of nitrogens with zero attached hydrogens (tertiary/aromatic N) is 2. The lowest BCUT2D eigenvalue weighted by Crippen LogP contribution is -2.31. The largest absolute Gasteiger partial charge is 0.382 e. The zero-order valence-electron chi connectivity index (χ0n) is 15.0. The summed E-state index contributed by atoms with van der Waals surface area (Å²) in [5.41, 5.74) is 1.68. The van der Waals surface area contributed by atoms with Crippen molar-refractivity contribution in [2.75, 3.05) is 19.8 Å². The molecular weight excluding hydrogens is 320 g/mol. The lowest BCUT2D eigenvalue weighted by Gasteiger charge is -2.15. The van der Waals surface area contributed by atoms with E-state index in [0.717, 1.165) is 17.5 Å². The number of rotatable bonds is 9. The number of carbonyl (C=O) groups excluding carboxylic acids is 2. The maximum Gasteiger partial charge on any atom is 0.240 e. The molecule has 2 N–H and O–H groups in total. The Morgan fingerprint density at radius 3 is 2.80 bits per heavy atom. The van der Waals surface area contributed by atoms with Gasteiger partial charge < -0.3 is 19.9 Å². The molecule has 136 valence electrons. The van der Waals surface area contributed by atoms with Crippen LogP contribution in [0.1, 0.15) is 39.1 Å². The summed E-state index contributed by atoms with van der Waals surface area (Å²) in [4.78, 5) is 28.2. The number of para-hydroxylation sites is 2. The van der Waals surface area contributed by atoms with Gasteiger partial charge in [0, 0.05) is 26.7 Å². The van der Waals surface area contributed by atoms with Crippen molar-refractivity contribution < 1.29 is 14.3 Å². The van der Waals surface area contributed by atoms with E-state index in [1.54, 1.807) is 0 Å². The second-order valence-electron chi connectivity index (χ2n) is 5.87.